The molecule has 0 aliphatic heterocycles. The number of benzene rings is 1. The summed E-state index contributed by atoms with van der Waals surface area (Å²) >= 11 is 2.07. The number of nitrogen functional groups attached to an aromatic ring is 1. The van der Waals surface area contributed by atoms with Gasteiger partial charge in [0.15, 0.2) is 7.11 Å². The molecule has 0 saturated carbocycles. The van der Waals surface area contributed by atoms with Crippen molar-refractivity contribution in [2.75, 3.05) is 12.8 Å². The first kappa shape index (κ1) is 10.2. The van der Waals surface area contributed by atoms with Crippen LogP contribution in [0.2, 0.25) is 0 Å². The summed E-state index contributed by atoms with van der Waals surface area (Å²) in [6, 6.07) is 3.45. The van der Waals surface area contributed by atoms with E-state index in [1.165, 1.54) is 7.11 Å². The van der Waals surface area contributed by atoms with Crippen LogP contribution in [0.25, 0.3) is 0 Å². The van der Waals surface area contributed by atoms with Crippen LogP contribution in [0.1, 0.15) is 5.56 Å². The summed E-state index contributed by atoms with van der Waals surface area (Å²) in [7, 11) is 1.33. The molecule has 0 spiro atoms. The highest BCUT2D eigenvalue weighted by molar-refractivity contribution is 14.1. The van der Waals surface area contributed by atoms with Crippen LogP contribution in [0.3, 0.4) is 0 Å². The molecule has 0 fully saturated rings. The molecule has 0 heterocycles. The Labute approximate surface area is 89.7 Å². The normalized spacial score (nSPS) is 9.77. The van der Waals surface area contributed by atoms with Crippen LogP contribution in [0.5, 0.6) is 0 Å². The first-order valence-electron chi connectivity index (χ1n) is 3.63. The van der Waals surface area contributed by atoms with Gasteiger partial charge in [-0.25, -0.2) is 4.84 Å². The lowest BCUT2D eigenvalue weighted by Gasteiger charge is -1.99. The van der Waals surface area contributed by atoms with Gasteiger partial charge in [-0.1, -0.05) is 0 Å². The van der Waals surface area contributed by atoms with Gasteiger partial charge >= 0.3 is 5.69 Å². The number of hydrogen-bond donors (Lipinski definition) is 1. The minimum atomic E-state index is 0.469. The summed E-state index contributed by atoms with van der Waals surface area (Å²) in [5, 5.41) is 0. The molecule has 0 unspecified atom stereocenters. The largest absolute Gasteiger partial charge is 0.398 e. The second-order valence-corrected chi connectivity index (χ2v) is 3.76. The predicted molar refractivity (Wildman–Crippen MR) is 58.6 cm³/mol. The van der Waals surface area contributed by atoms with Crippen LogP contribution < -0.4 is 5.73 Å². The van der Waals surface area contributed by atoms with Gasteiger partial charge in [-0.2, -0.15) is 0 Å². The smallest absolute Gasteiger partial charge is 0.320 e. The molecule has 4 nitrogen and oxygen atoms in total. The van der Waals surface area contributed by atoms with E-state index in [2.05, 4.69) is 27.4 Å². The Morgan fingerprint density at radius 2 is 2.15 bits per heavy atom. The maximum Gasteiger partial charge on any atom is 0.320 e. The van der Waals surface area contributed by atoms with Crippen molar-refractivity contribution < 1.29 is 9.76 Å². The molecular formula is C8H10IN2O2+. The van der Waals surface area contributed by atoms with Crippen LogP contribution in [-0.2, 0) is 4.84 Å². The van der Waals surface area contributed by atoms with Gasteiger partial charge in [-0.05, 0) is 35.6 Å². The molecule has 5 heteroatoms. The molecule has 13 heavy (non-hydrogen) atoms. The molecule has 1 aromatic carbocycles. The average molecular weight is 293 g/mol. The Morgan fingerprint density at radius 3 is 2.69 bits per heavy atom. The SMILES string of the molecule is CO[N+](=O)c1cc(I)c(N)cc1C. The highest BCUT2D eigenvalue weighted by Gasteiger charge is 2.19. The van der Waals surface area contributed by atoms with Crippen LogP contribution >= 0.6 is 22.6 Å². The minimum Gasteiger partial charge on any atom is -0.398 e. The van der Waals surface area contributed by atoms with Gasteiger partial charge in [0.1, 0.15) is 0 Å². The zero-order chi connectivity index (χ0) is 10.0. The van der Waals surface area contributed by atoms with Gasteiger partial charge in [0.2, 0.25) is 0 Å². The molecule has 0 radical (unpaired) electrons. The number of halogens is 1. The van der Waals surface area contributed by atoms with Crippen molar-refractivity contribution in [3.05, 3.63) is 26.2 Å². The van der Waals surface area contributed by atoms with E-state index < -0.39 is 0 Å². The third kappa shape index (κ3) is 2.09. The quantitative estimate of drug-likeness (QED) is 0.516. The van der Waals surface area contributed by atoms with E-state index in [0.29, 0.717) is 16.3 Å². The van der Waals surface area contributed by atoms with Gasteiger partial charge in [0.25, 0.3) is 4.92 Å². The zero-order valence-electron chi connectivity index (χ0n) is 7.37. The summed E-state index contributed by atoms with van der Waals surface area (Å²) in [5.74, 6) is 0. The molecule has 0 aromatic heterocycles. The Hall–Kier alpha value is -0.850. The van der Waals surface area contributed by atoms with Crippen molar-refractivity contribution in [3.8, 4) is 0 Å². The molecule has 0 aliphatic carbocycles. The molecule has 2 N–H and O–H groups in total. The number of nitrogens with two attached hydrogens (primary N) is 1. The van der Waals surface area contributed by atoms with Crippen LogP contribution in [0.4, 0.5) is 11.4 Å². The number of nitrogens with zero attached hydrogens (tertiary/aromatic N) is 1. The van der Waals surface area contributed by atoms with Crippen molar-refractivity contribution in [3.63, 3.8) is 0 Å². The van der Waals surface area contributed by atoms with Gasteiger partial charge in [0, 0.05) is 20.9 Å². The lowest BCUT2D eigenvalue weighted by Crippen LogP contribution is -2.02. The van der Waals surface area contributed by atoms with Crippen molar-refractivity contribution in [2.24, 2.45) is 0 Å². The predicted octanol–water partition coefficient (Wildman–Crippen LogP) is 2.15. The maximum absolute atomic E-state index is 11.1. The third-order valence-electron chi connectivity index (χ3n) is 1.68. The van der Waals surface area contributed by atoms with Crippen molar-refractivity contribution in [1.29, 1.82) is 0 Å². The number of aryl methyl sites for hydroxylation is 1. The average Bonchev–Trinajstić information content (AvgIpc) is 2.10. The topological polar surface area (TPSA) is 55.3 Å². The number of anilines is 1. The third-order valence-corrected chi connectivity index (χ3v) is 2.61. The van der Waals surface area contributed by atoms with Crippen LogP contribution in [0, 0.1) is 15.4 Å². The standard InChI is InChI=1S/C8H10IN2O2/c1-5-3-7(10)6(9)4-8(5)11(12)13-2/h3-4H,10H2,1-2H3/q+1. The number of rotatable bonds is 2. The Balaban J connectivity index is 3.23. The highest BCUT2D eigenvalue weighted by Crippen LogP contribution is 2.25. The van der Waals surface area contributed by atoms with E-state index >= 15 is 0 Å². The van der Waals surface area contributed by atoms with E-state index in [1.807, 2.05) is 6.92 Å². The zero-order valence-corrected chi connectivity index (χ0v) is 9.53. The summed E-state index contributed by atoms with van der Waals surface area (Å²) in [6.07, 6.45) is 0. The van der Waals surface area contributed by atoms with Crippen molar-refractivity contribution >= 4 is 34.0 Å². The van der Waals surface area contributed by atoms with E-state index in [-0.39, 0.29) is 0 Å². The molecule has 0 bridgehead atoms. The van der Waals surface area contributed by atoms with Crippen LogP contribution in [-0.4, -0.2) is 12.0 Å². The summed E-state index contributed by atoms with van der Waals surface area (Å²) in [5.41, 5.74) is 7.62. The van der Waals surface area contributed by atoms with Gasteiger partial charge in [-0.15, -0.1) is 0 Å². The van der Waals surface area contributed by atoms with Crippen LogP contribution in [0.15, 0.2) is 12.1 Å². The molecule has 0 aliphatic rings. The fraction of sp³-hybridized carbons (Fsp3) is 0.250. The lowest BCUT2D eigenvalue weighted by atomic mass is 10.2. The fourth-order valence-corrected chi connectivity index (χ4v) is 1.44. The Bertz CT molecular complexity index is 352. The first-order chi connectivity index (χ1) is 6.06. The van der Waals surface area contributed by atoms with E-state index in [9.17, 15) is 4.91 Å². The van der Waals surface area contributed by atoms with E-state index in [4.69, 9.17) is 5.73 Å². The van der Waals surface area contributed by atoms with E-state index in [0.717, 1.165) is 9.13 Å². The van der Waals surface area contributed by atoms with Crippen molar-refractivity contribution in [2.45, 2.75) is 6.92 Å². The fourth-order valence-electron chi connectivity index (χ4n) is 0.988. The van der Waals surface area contributed by atoms with Gasteiger partial charge in [0.05, 0.1) is 4.91 Å². The molecule has 0 atom stereocenters. The Kier molecular flexibility index (Phi) is 3.07. The summed E-state index contributed by atoms with van der Waals surface area (Å²) < 4.78 is 0.844. The van der Waals surface area contributed by atoms with Gasteiger partial charge in [-0.3, -0.25) is 0 Å². The number of hydrogen-bond acceptors (Lipinski definition) is 3. The molecule has 0 amide bonds. The minimum absolute atomic E-state index is 0.469. The molecular weight excluding hydrogens is 283 g/mol. The second-order valence-electron chi connectivity index (χ2n) is 2.60. The van der Waals surface area contributed by atoms with E-state index in [1.54, 1.807) is 12.1 Å². The molecule has 1 rings (SSSR count). The maximum atomic E-state index is 11.1. The highest BCUT2D eigenvalue weighted by atomic mass is 127. The Morgan fingerprint density at radius 1 is 1.54 bits per heavy atom. The van der Waals surface area contributed by atoms with Crippen molar-refractivity contribution in [1.82, 2.24) is 0 Å². The summed E-state index contributed by atoms with van der Waals surface area (Å²) in [6.45, 7) is 1.81. The molecule has 1 aromatic rings. The van der Waals surface area contributed by atoms with Gasteiger partial charge < -0.3 is 5.73 Å². The summed E-state index contributed by atoms with van der Waals surface area (Å²) in [4.78, 5) is 16.2. The second kappa shape index (κ2) is 3.91. The lowest BCUT2D eigenvalue weighted by molar-refractivity contribution is -0.737. The first-order valence-corrected chi connectivity index (χ1v) is 4.71. The monoisotopic (exact) mass is 293 g/mol. The molecule has 0 saturated heterocycles. The molecule has 70 valence electrons.